The summed E-state index contributed by atoms with van der Waals surface area (Å²) in [6, 6.07) is -0.0725. The monoisotopic (exact) mass is 348 g/mol. The first kappa shape index (κ1) is 21.6. The van der Waals surface area contributed by atoms with E-state index in [0.29, 0.717) is 12.3 Å². The largest absolute Gasteiger partial charge is 0.338 e. The molecule has 0 bridgehead atoms. The normalized spacial score (nSPS) is 10.5. The van der Waals surface area contributed by atoms with E-state index in [4.69, 9.17) is 0 Å². The molecule has 0 spiro atoms. The number of hydrogen-bond donors (Lipinski definition) is 2. The number of urea groups is 1. The Morgan fingerprint density at radius 3 is 2.14 bits per heavy atom. The van der Waals surface area contributed by atoms with Crippen molar-refractivity contribution in [2.75, 3.05) is 24.6 Å². The molecule has 2 N–H and O–H groups in total. The maximum atomic E-state index is 11.6. The first-order valence-electron chi connectivity index (χ1n) is 8.48. The lowest BCUT2D eigenvalue weighted by Crippen LogP contribution is -2.37. The first-order valence-corrected chi connectivity index (χ1v) is 11.0. The second-order valence-electron chi connectivity index (χ2n) is 5.28. The zero-order valence-electron chi connectivity index (χ0n) is 14.1. The topological polar surface area (TPSA) is 58.2 Å². The van der Waals surface area contributed by atoms with Gasteiger partial charge in [0, 0.05) is 37.4 Å². The van der Waals surface area contributed by atoms with Crippen LogP contribution in [0.25, 0.3) is 0 Å². The van der Waals surface area contributed by atoms with Crippen molar-refractivity contribution in [1.29, 1.82) is 0 Å². The fourth-order valence-corrected chi connectivity index (χ4v) is 3.78. The highest BCUT2D eigenvalue weighted by molar-refractivity contribution is 8.76. The summed E-state index contributed by atoms with van der Waals surface area (Å²) in [6.07, 6.45) is 7.93. The van der Waals surface area contributed by atoms with Crippen LogP contribution in [0.2, 0.25) is 0 Å². The Morgan fingerprint density at radius 2 is 1.41 bits per heavy atom. The lowest BCUT2D eigenvalue weighted by molar-refractivity contribution is -0.119. The van der Waals surface area contributed by atoms with E-state index in [2.05, 4.69) is 24.5 Å². The lowest BCUT2D eigenvalue weighted by atomic mass is 10.1. The van der Waals surface area contributed by atoms with Gasteiger partial charge in [-0.15, -0.1) is 0 Å². The molecule has 0 saturated carbocycles. The summed E-state index contributed by atoms with van der Waals surface area (Å²) in [5.74, 6) is 2.31. The second-order valence-corrected chi connectivity index (χ2v) is 7.98. The SMILES string of the molecule is CCCCCC(=O)CCCSSCCNC(=O)NCCCC. The Bertz CT molecular complexity index is 261. The minimum absolute atomic E-state index is 0.0725. The second kappa shape index (κ2) is 17.0. The summed E-state index contributed by atoms with van der Waals surface area (Å²) < 4.78 is 0. The summed E-state index contributed by atoms with van der Waals surface area (Å²) in [5.41, 5.74) is 0. The Morgan fingerprint density at radius 1 is 0.773 bits per heavy atom. The van der Waals surface area contributed by atoms with E-state index in [1.54, 1.807) is 21.6 Å². The van der Waals surface area contributed by atoms with E-state index in [1.807, 2.05) is 0 Å². The number of carbonyl (C=O) groups is 2. The summed E-state index contributed by atoms with van der Waals surface area (Å²) >= 11 is 0. The van der Waals surface area contributed by atoms with Crippen LogP contribution in [0.15, 0.2) is 0 Å². The summed E-state index contributed by atoms with van der Waals surface area (Å²) in [5, 5.41) is 5.67. The minimum Gasteiger partial charge on any atom is -0.338 e. The predicted octanol–water partition coefficient (Wildman–Crippen LogP) is 4.40. The number of unbranched alkanes of at least 4 members (excludes halogenated alkanes) is 3. The van der Waals surface area contributed by atoms with E-state index in [9.17, 15) is 9.59 Å². The molecular formula is C16H32N2O2S2. The van der Waals surface area contributed by atoms with Gasteiger partial charge in [-0.05, 0) is 19.3 Å². The molecule has 6 heteroatoms. The number of ketones is 1. The molecule has 0 saturated heterocycles. The van der Waals surface area contributed by atoms with Gasteiger partial charge in [0.1, 0.15) is 5.78 Å². The van der Waals surface area contributed by atoms with Crippen molar-refractivity contribution in [3.05, 3.63) is 0 Å². The van der Waals surface area contributed by atoms with E-state index in [0.717, 1.165) is 63.0 Å². The minimum atomic E-state index is -0.0725. The van der Waals surface area contributed by atoms with Gasteiger partial charge in [-0.2, -0.15) is 0 Å². The molecule has 130 valence electrons. The van der Waals surface area contributed by atoms with Gasteiger partial charge < -0.3 is 10.6 Å². The molecule has 0 unspecified atom stereocenters. The van der Waals surface area contributed by atoms with Crippen molar-refractivity contribution in [2.45, 2.75) is 65.2 Å². The smallest absolute Gasteiger partial charge is 0.314 e. The molecule has 4 nitrogen and oxygen atoms in total. The van der Waals surface area contributed by atoms with E-state index in [-0.39, 0.29) is 6.03 Å². The Hall–Kier alpha value is -0.360. The molecule has 0 aliphatic heterocycles. The van der Waals surface area contributed by atoms with Gasteiger partial charge in [0.15, 0.2) is 0 Å². The standard InChI is InChI=1S/C16H32N2O2S2/c1-3-5-7-9-15(19)10-8-13-21-22-14-12-18-16(20)17-11-6-4-2/h3-14H2,1-2H3,(H2,17,18,20). The van der Waals surface area contributed by atoms with Crippen LogP contribution in [0.1, 0.15) is 65.2 Å². The molecule has 0 aliphatic rings. The van der Waals surface area contributed by atoms with E-state index >= 15 is 0 Å². The van der Waals surface area contributed by atoms with Crippen molar-refractivity contribution in [3.63, 3.8) is 0 Å². The lowest BCUT2D eigenvalue weighted by Gasteiger charge is -2.06. The predicted molar refractivity (Wildman–Crippen MR) is 99.6 cm³/mol. The molecule has 22 heavy (non-hydrogen) atoms. The van der Waals surface area contributed by atoms with Gasteiger partial charge in [-0.1, -0.05) is 54.7 Å². The van der Waals surface area contributed by atoms with Gasteiger partial charge in [-0.25, -0.2) is 4.79 Å². The van der Waals surface area contributed by atoms with Gasteiger partial charge >= 0.3 is 6.03 Å². The zero-order valence-corrected chi connectivity index (χ0v) is 15.8. The zero-order chi connectivity index (χ0) is 16.5. The molecule has 0 atom stereocenters. The molecule has 0 aliphatic carbocycles. The molecule has 0 heterocycles. The highest BCUT2D eigenvalue weighted by atomic mass is 33.1. The van der Waals surface area contributed by atoms with Crippen LogP contribution >= 0.6 is 21.6 Å². The molecule has 0 aromatic heterocycles. The van der Waals surface area contributed by atoms with Crippen LogP contribution < -0.4 is 10.6 Å². The summed E-state index contributed by atoms with van der Waals surface area (Å²) in [6.45, 7) is 5.69. The molecular weight excluding hydrogens is 316 g/mol. The third-order valence-corrected chi connectivity index (χ3v) is 5.61. The number of rotatable bonds is 15. The molecule has 0 rings (SSSR count). The van der Waals surface area contributed by atoms with Crippen molar-refractivity contribution in [1.82, 2.24) is 10.6 Å². The number of hydrogen-bond acceptors (Lipinski definition) is 4. The van der Waals surface area contributed by atoms with E-state index in [1.165, 1.54) is 6.42 Å². The number of carbonyl (C=O) groups excluding carboxylic acids is 2. The number of amides is 2. The van der Waals surface area contributed by atoms with Crippen LogP contribution in [0, 0.1) is 0 Å². The molecule has 0 aromatic rings. The highest BCUT2D eigenvalue weighted by Gasteiger charge is 2.02. The average molecular weight is 349 g/mol. The van der Waals surface area contributed by atoms with Crippen molar-refractivity contribution < 1.29 is 9.59 Å². The summed E-state index contributed by atoms with van der Waals surface area (Å²) in [4.78, 5) is 22.9. The Balaban J connectivity index is 3.23. The average Bonchev–Trinajstić information content (AvgIpc) is 2.50. The van der Waals surface area contributed by atoms with Crippen LogP contribution in [-0.4, -0.2) is 36.4 Å². The Labute approximate surface area is 143 Å². The fourth-order valence-electron chi connectivity index (χ4n) is 1.79. The Kier molecular flexibility index (Phi) is 16.7. The van der Waals surface area contributed by atoms with Crippen LogP contribution in [0.5, 0.6) is 0 Å². The van der Waals surface area contributed by atoms with Gasteiger partial charge in [0.25, 0.3) is 0 Å². The number of nitrogens with one attached hydrogen (secondary N) is 2. The van der Waals surface area contributed by atoms with Crippen molar-refractivity contribution in [2.24, 2.45) is 0 Å². The van der Waals surface area contributed by atoms with Gasteiger partial charge in [-0.3, -0.25) is 4.79 Å². The fraction of sp³-hybridized carbons (Fsp3) is 0.875. The van der Waals surface area contributed by atoms with Gasteiger partial charge in [0.2, 0.25) is 0 Å². The molecule has 0 radical (unpaired) electrons. The van der Waals surface area contributed by atoms with Gasteiger partial charge in [0.05, 0.1) is 0 Å². The summed E-state index contributed by atoms with van der Waals surface area (Å²) in [7, 11) is 3.55. The van der Waals surface area contributed by atoms with Crippen LogP contribution in [0.4, 0.5) is 4.79 Å². The van der Waals surface area contributed by atoms with E-state index < -0.39 is 0 Å². The van der Waals surface area contributed by atoms with Crippen molar-refractivity contribution in [3.8, 4) is 0 Å². The third kappa shape index (κ3) is 16.0. The first-order chi connectivity index (χ1) is 10.7. The van der Waals surface area contributed by atoms with Crippen LogP contribution in [0.3, 0.4) is 0 Å². The molecule has 2 amide bonds. The maximum absolute atomic E-state index is 11.6. The maximum Gasteiger partial charge on any atom is 0.314 e. The highest BCUT2D eigenvalue weighted by Crippen LogP contribution is 2.22. The number of Topliss-reactive ketones (excluding diaryl/α,β-unsaturated/α-hetero) is 1. The third-order valence-electron chi connectivity index (χ3n) is 3.11. The molecule has 0 fully saturated rings. The quantitative estimate of drug-likeness (QED) is 0.340. The van der Waals surface area contributed by atoms with Crippen LogP contribution in [-0.2, 0) is 4.79 Å². The van der Waals surface area contributed by atoms with Crippen molar-refractivity contribution >= 4 is 33.4 Å². The molecule has 0 aromatic carbocycles.